The lowest BCUT2D eigenvalue weighted by Crippen LogP contribution is -2.56. The molecule has 1 amide bonds. The molecule has 0 spiro atoms. The molecule has 1 unspecified atom stereocenters. The maximum absolute atomic E-state index is 13.0. The van der Waals surface area contributed by atoms with Crippen LogP contribution in [0, 0.1) is 5.92 Å². The zero-order valence-corrected chi connectivity index (χ0v) is 18.5. The maximum atomic E-state index is 13.0. The summed E-state index contributed by atoms with van der Waals surface area (Å²) < 4.78 is 74.0. The third-order valence-electron chi connectivity index (χ3n) is 5.36. The zero-order chi connectivity index (χ0) is 23.0. The van der Waals surface area contributed by atoms with Gasteiger partial charge < -0.3 is 14.4 Å². The van der Waals surface area contributed by atoms with Gasteiger partial charge >= 0.3 is 6.36 Å². The summed E-state index contributed by atoms with van der Waals surface area (Å²) in [5, 5.41) is 0. The Morgan fingerprint density at radius 1 is 1.23 bits per heavy atom. The van der Waals surface area contributed by atoms with Gasteiger partial charge in [-0.1, -0.05) is 6.07 Å². The predicted octanol–water partition coefficient (Wildman–Crippen LogP) is 3.01. The van der Waals surface area contributed by atoms with E-state index in [0.717, 1.165) is 12.1 Å². The molecule has 2 aliphatic rings. The van der Waals surface area contributed by atoms with Crippen molar-refractivity contribution in [2.45, 2.75) is 56.6 Å². The molecule has 0 bridgehead atoms. The van der Waals surface area contributed by atoms with Gasteiger partial charge in [0.15, 0.2) is 0 Å². The summed E-state index contributed by atoms with van der Waals surface area (Å²) >= 11 is 0. The number of benzene rings is 1. The Morgan fingerprint density at radius 2 is 1.87 bits per heavy atom. The van der Waals surface area contributed by atoms with Crippen LogP contribution in [0.3, 0.4) is 0 Å². The Kier molecular flexibility index (Phi) is 6.60. The van der Waals surface area contributed by atoms with Gasteiger partial charge in [0.1, 0.15) is 5.75 Å². The minimum atomic E-state index is -4.91. The van der Waals surface area contributed by atoms with E-state index in [1.807, 2.05) is 20.8 Å². The van der Waals surface area contributed by atoms with Gasteiger partial charge in [-0.15, -0.1) is 13.2 Å². The van der Waals surface area contributed by atoms with E-state index in [1.54, 1.807) is 4.90 Å². The molecular weight excluding hydrogens is 437 g/mol. The van der Waals surface area contributed by atoms with E-state index < -0.39 is 27.7 Å². The molecule has 0 saturated carbocycles. The lowest BCUT2D eigenvalue weighted by Gasteiger charge is -2.43. The number of carbonyl (C=O) groups is 1. The summed E-state index contributed by atoms with van der Waals surface area (Å²) in [5.74, 6) is -0.906. The number of hydrogen-bond donors (Lipinski definition) is 0. The van der Waals surface area contributed by atoms with Crippen LogP contribution in [-0.4, -0.2) is 67.8 Å². The van der Waals surface area contributed by atoms with E-state index in [-0.39, 0.29) is 35.9 Å². The van der Waals surface area contributed by atoms with Crippen molar-refractivity contribution in [2.75, 3.05) is 26.2 Å². The number of ether oxygens (including phenoxy) is 2. The summed E-state index contributed by atoms with van der Waals surface area (Å²) in [4.78, 5) is 14.5. The topological polar surface area (TPSA) is 76.2 Å². The average molecular weight is 465 g/mol. The predicted molar refractivity (Wildman–Crippen MR) is 106 cm³/mol. The lowest BCUT2D eigenvalue weighted by molar-refractivity contribution is -0.274. The van der Waals surface area contributed by atoms with Gasteiger partial charge in [-0.2, -0.15) is 4.31 Å². The van der Waals surface area contributed by atoms with Gasteiger partial charge in [-0.3, -0.25) is 4.79 Å². The van der Waals surface area contributed by atoms with Crippen molar-refractivity contribution in [2.24, 2.45) is 5.92 Å². The highest BCUT2D eigenvalue weighted by Gasteiger charge is 2.39. The highest BCUT2D eigenvalue weighted by atomic mass is 32.2. The Bertz CT molecular complexity index is 912. The Morgan fingerprint density at radius 3 is 2.45 bits per heavy atom. The van der Waals surface area contributed by atoms with Crippen molar-refractivity contribution in [3.8, 4) is 5.75 Å². The van der Waals surface area contributed by atoms with E-state index in [1.165, 1.54) is 16.4 Å². The van der Waals surface area contributed by atoms with Crippen LogP contribution in [-0.2, 0) is 19.6 Å². The number of amides is 1. The van der Waals surface area contributed by atoms with Crippen molar-refractivity contribution in [3.63, 3.8) is 0 Å². The largest absolute Gasteiger partial charge is 0.573 e. The van der Waals surface area contributed by atoms with Crippen LogP contribution >= 0.6 is 0 Å². The number of carbonyl (C=O) groups excluding carboxylic acids is 1. The van der Waals surface area contributed by atoms with Crippen molar-refractivity contribution in [1.82, 2.24) is 9.21 Å². The molecule has 0 N–H and O–H groups in total. The van der Waals surface area contributed by atoms with Gasteiger partial charge in [0.05, 0.1) is 16.6 Å². The molecule has 1 aromatic rings. The first kappa shape index (κ1) is 23.8. The van der Waals surface area contributed by atoms with E-state index in [4.69, 9.17) is 4.74 Å². The maximum Gasteiger partial charge on any atom is 0.573 e. The number of hydrogen-bond acceptors (Lipinski definition) is 5. The SMILES string of the molecule is CC1CN(C(=O)C2CCN(S(=O)(=O)c3cccc(OC(F)(F)F)c3)CC2)CC(C)(C)O1. The number of morpholine rings is 1. The van der Waals surface area contributed by atoms with Gasteiger partial charge in [0.2, 0.25) is 15.9 Å². The van der Waals surface area contributed by atoms with E-state index in [2.05, 4.69) is 4.74 Å². The second-order valence-electron chi connectivity index (χ2n) is 8.61. The first-order chi connectivity index (χ1) is 14.3. The molecule has 0 aromatic heterocycles. The highest BCUT2D eigenvalue weighted by molar-refractivity contribution is 7.89. The molecule has 7 nitrogen and oxygen atoms in total. The van der Waals surface area contributed by atoms with E-state index in [9.17, 15) is 26.4 Å². The second-order valence-corrected chi connectivity index (χ2v) is 10.5. The van der Waals surface area contributed by atoms with Crippen molar-refractivity contribution >= 4 is 15.9 Å². The molecule has 2 fully saturated rings. The number of rotatable bonds is 4. The normalized spacial score (nSPS) is 23.5. The fraction of sp³-hybridized carbons (Fsp3) is 0.650. The summed E-state index contributed by atoms with van der Waals surface area (Å²) in [7, 11) is -4.00. The van der Waals surface area contributed by atoms with Crippen LogP contribution in [0.25, 0.3) is 0 Å². The minimum Gasteiger partial charge on any atom is -0.406 e. The molecule has 174 valence electrons. The van der Waals surface area contributed by atoms with Gasteiger partial charge in [-0.05, 0) is 45.7 Å². The van der Waals surface area contributed by atoms with Crippen LogP contribution in [0.2, 0.25) is 0 Å². The smallest absolute Gasteiger partial charge is 0.406 e. The first-order valence-electron chi connectivity index (χ1n) is 10.1. The molecule has 11 heteroatoms. The molecule has 1 aromatic carbocycles. The van der Waals surface area contributed by atoms with Gasteiger partial charge in [0.25, 0.3) is 0 Å². The molecule has 2 heterocycles. The number of nitrogens with zero attached hydrogens (tertiary/aromatic N) is 2. The highest BCUT2D eigenvalue weighted by Crippen LogP contribution is 2.30. The standard InChI is InChI=1S/C20H27F3N2O5S/c1-14-12-24(13-19(2,3)29-14)18(26)15-7-9-25(10-8-15)31(27,28)17-6-4-5-16(11-17)30-20(21,22)23/h4-6,11,14-15H,7-10,12-13H2,1-3H3. The van der Waals surface area contributed by atoms with Gasteiger partial charge in [0, 0.05) is 38.2 Å². The summed E-state index contributed by atoms with van der Waals surface area (Å²) in [5.41, 5.74) is -0.444. The van der Waals surface area contributed by atoms with Crippen molar-refractivity contribution < 1.29 is 35.9 Å². The third kappa shape index (κ3) is 5.89. The summed E-state index contributed by atoms with van der Waals surface area (Å²) in [6.45, 7) is 6.96. The first-order valence-corrected chi connectivity index (χ1v) is 11.5. The van der Waals surface area contributed by atoms with E-state index in [0.29, 0.717) is 25.9 Å². The van der Waals surface area contributed by atoms with Crippen LogP contribution in [0.15, 0.2) is 29.2 Å². The summed E-state index contributed by atoms with van der Waals surface area (Å²) in [6.07, 6.45) is -4.29. The summed E-state index contributed by atoms with van der Waals surface area (Å²) in [6, 6.07) is 4.33. The quantitative estimate of drug-likeness (QED) is 0.685. The molecular formula is C20H27F3N2O5S. The fourth-order valence-electron chi connectivity index (χ4n) is 4.20. The second kappa shape index (κ2) is 8.59. The van der Waals surface area contributed by atoms with Crippen LogP contribution in [0.1, 0.15) is 33.6 Å². The Balaban J connectivity index is 1.65. The molecule has 1 atom stereocenters. The Labute approximate surface area is 180 Å². The monoisotopic (exact) mass is 464 g/mol. The third-order valence-corrected chi connectivity index (χ3v) is 7.26. The molecule has 3 rings (SSSR count). The fourth-order valence-corrected chi connectivity index (χ4v) is 5.71. The number of alkyl halides is 3. The number of halogens is 3. The number of piperidine rings is 1. The molecule has 31 heavy (non-hydrogen) atoms. The van der Waals surface area contributed by atoms with Crippen LogP contribution in [0.4, 0.5) is 13.2 Å². The molecule has 2 saturated heterocycles. The van der Waals surface area contributed by atoms with Crippen molar-refractivity contribution in [3.05, 3.63) is 24.3 Å². The van der Waals surface area contributed by atoms with Crippen molar-refractivity contribution in [1.29, 1.82) is 0 Å². The van der Waals surface area contributed by atoms with E-state index >= 15 is 0 Å². The minimum absolute atomic E-state index is 0.0131. The van der Waals surface area contributed by atoms with Gasteiger partial charge in [-0.25, -0.2) is 8.42 Å². The van der Waals surface area contributed by atoms with Crippen LogP contribution < -0.4 is 4.74 Å². The average Bonchev–Trinajstić information content (AvgIpc) is 2.65. The van der Waals surface area contributed by atoms with Crippen LogP contribution in [0.5, 0.6) is 5.75 Å². The Hall–Kier alpha value is -1.85. The molecule has 2 aliphatic heterocycles. The molecule has 0 radical (unpaired) electrons. The molecule has 0 aliphatic carbocycles. The number of sulfonamides is 1. The zero-order valence-electron chi connectivity index (χ0n) is 17.7. The lowest BCUT2D eigenvalue weighted by atomic mass is 9.95.